The molecule has 3 rings (SSSR count). The van der Waals surface area contributed by atoms with Crippen molar-refractivity contribution < 1.29 is 18.3 Å². The summed E-state index contributed by atoms with van der Waals surface area (Å²) in [5, 5.41) is 10.7. The van der Waals surface area contributed by atoms with Crippen LogP contribution >= 0.6 is 11.3 Å². The van der Waals surface area contributed by atoms with Crippen LogP contribution in [0.2, 0.25) is 0 Å². The van der Waals surface area contributed by atoms with Crippen molar-refractivity contribution in [2.45, 2.75) is 49.5 Å². The number of carboxylic acids is 1. The molecule has 0 amide bonds. The number of carboxylic acid groups (broad SMARTS) is 1. The van der Waals surface area contributed by atoms with Crippen molar-refractivity contribution in [1.29, 1.82) is 0 Å². The predicted molar refractivity (Wildman–Crippen MR) is 80.2 cm³/mol. The number of sulfonamides is 1. The predicted octanol–water partition coefficient (Wildman–Crippen LogP) is 2.79. The molecule has 2 heterocycles. The van der Waals surface area contributed by atoms with Crippen molar-refractivity contribution in [2.75, 3.05) is 6.54 Å². The molecular formula is C14H19NO4S2. The minimum atomic E-state index is -3.70. The zero-order valence-corrected chi connectivity index (χ0v) is 13.3. The van der Waals surface area contributed by atoms with E-state index in [4.69, 9.17) is 0 Å². The van der Waals surface area contributed by atoms with Gasteiger partial charge in [-0.15, -0.1) is 11.3 Å². The number of hydrogen-bond acceptors (Lipinski definition) is 4. The highest BCUT2D eigenvalue weighted by Gasteiger charge is 2.41. The van der Waals surface area contributed by atoms with Gasteiger partial charge in [-0.05, 0) is 43.0 Å². The van der Waals surface area contributed by atoms with Crippen LogP contribution in [0.25, 0.3) is 0 Å². The first kappa shape index (κ1) is 15.0. The van der Waals surface area contributed by atoms with E-state index in [0.29, 0.717) is 12.5 Å². The van der Waals surface area contributed by atoms with Crippen molar-refractivity contribution in [3.63, 3.8) is 0 Å². The van der Waals surface area contributed by atoms with E-state index < -0.39 is 16.0 Å². The molecule has 116 valence electrons. The third kappa shape index (κ3) is 2.62. The van der Waals surface area contributed by atoms with E-state index in [2.05, 4.69) is 0 Å². The zero-order chi connectivity index (χ0) is 15.0. The molecule has 2 aliphatic rings. The quantitative estimate of drug-likeness (QED) is 0.925. The molecule has 1 aliphatic carbocycles. The molecule has 1 N–H and O–H groups in total. The minimum Gasteiger partial charge on any atom is -0.477 e. The lowest BCUT2D eigenvalue weighted by Gasteiger charge is -2.43. The van der Waals surface area contributed by atoms with Crippen LogP contribution in [-0.2, 0) is 10.0 Å². The molecule has 1 saturated heterocycles. The number of rotatable bonds is 3. The summed E-state index contributed by atoms with van der Waals surface area (Å²) in [6.45, 7) is 0.512. The Hall–Kier alpha value is -0.920. The molecule has 0 bridgehead atoms. The Morgan fingerprint density at radius 3 is 2.71 bits per heavy atom. The third-order valence-corrected chi connectivity index (χ3v) is 7.60. The summed E-state index contributed by atoms with van der Waals surface area (Å²) < 4.78 is 27.4. The van der Waals surface area contributed by atoms with Gasteiger partial charge < -0.3 is 5.11 Å². The first-order valence-electron chi connectivity index (χ1n) is 7.34. The molecule has 1 aromatic rings. The number of piperidine rings is 1. The van der Waals surface area contributed by atoms with E-state index in [-0.39, 0.29) is 15.8 Å². The molecule has 1 aliphatic heterocycles. The fraction of sp³-hybridized carbons (Fsp3) is 0.643. The number of aromatic carboxylic acids is 1. The Labute approximate surface area is 128 Å². The lowest BCUT2D eigenvalue weighted by molar-refractivity contribution is 0.0697. The van der Waals surface area contributed by atoms with Crippen LogP contribution in [0.4, 0.5) is 0 Å². The highest BCUT2D eigenvalue weighted by Crippen LogP contribution is 2.39. The fourth-order valence-electron chi connectivity index (χ4n) is 3.66. The number of carbonyl (C=O) groups is 1. The fourth-order valence-corrected chi connectivity index (χ4v) is 6.65. The van der Waals surface area contributed by atoms with Gasteiger partial charge in [0.15, 0.2) is 0 Å². The molecule has 7 heteroatoms. The maximum Gasteiger partial charge on any atom is 0.347 e. The highest BCUT2D eigenvalue weighted by atomic mass is 32.2. The Bertz CT molecular complexity index is 635. The first-order chi connectivity index (χ1) is 10.0. The minimum absolute atomic E-state index is 0.0359. The van der Waals surface area contributed by atoms with Crippen LogP contribution in [0.15, 0.2) is 16.3 Å². The van der Waals surface area contributed by atoms with Gasteiger partial charge in [0.1, 0.15) is 9.77 Å². The van der Waals surface area contributed by atoms with Crippen molar-refractivity contribution >= 4 is 27.3 Å². The molecule has 0 radical (unpaired) electrons. The molecule has 21 heavy (non-hydrogen) atoms. The number of nitrogens with zero attached hydrogens (tertiary/aromatic N) is 1. The number of thiophene rings is 1. The van der Waals surface area contributed by atoms with Gasteiger partial charge >= 0.3 is 5.97 Å². The van der Waals surface area contributed by atoms with Crippen LogP contribution in [0.3, 0.4) is 0 Å². The number of hydrogen-bond donors (Lipinski definition) is 1. The molecule has 2 fully saturated rings. The highest BCUT2D eigenvalue weighted by molar-refractivity contribution is 7.89. The van der Waals surface area contributed by atoms with Crippen LogP contribution in [-0.4, -0.2) is 36.4 Å². The summed E-state index contributed by atoms with van der Waals surface area (Å²) in [5.41, 5.74) is 0. The largest absolute Gasteiger partial charge is 0.477 e. The van der Waals surface area contributed by atoms with Crippen LogP contribution in [0.1, 0.15) is 48.2 Å². The van der Waals surface area contributed by atoms with E-state index in [9.17, 15) is 18.3 Å². The van der Waals surface area contributed by atoms with E-state index in [1.54, 1.807) is 9.69 Å². The Morgan fingerprint density at radius 1 is 1.24 bits per heavy atom. The average molecular weight is 329 g/mol. The summed E-state index contributed by atoms with van der Waals surface area (Å²) in [5.74, 6) is -0.727. The van der Waals surface area contributed by atoms with Crippen LogP contribution in [0, 0.1) is 5.92 Å². The monoisotopic (exact) mass is 329 g/mol. The molecule has 1 saturated carbocycles. The second-order valence-corrected chi connectivity index (χ2v) is 8.56. The summed E-state index contributed by atoms with van der Waals surface area (Å²) in [7, 11) is -3.70. The Kier molecular flexibility index (Phi) is 4.07. The Balaban J connectivity index is 1.97. The van der Waals surface area contributed by atoms with E-state index >= 15 is 0 Å². The summed E-state index contributed by atoms with van der Waals surface area (Å²) in [4.78, 5) is 11.1. The van der Waals surface area contributed by atoms with Crippen molar-refractivity contribution in [3.05, 3.63) is 16.3 Å². The standard InChI is InChI=1S/C14H19NO4S2/c16-14(17)13-12(7-9-20-13)21(18,19)15-8-3-5-10-4-1-2-6-11(10)15/h7,9-11H,1-6,8H2,(H,16,17). The van der Waals surface area contributed by atoms with Gasteiger partial charge in [-0.25, -0.2) is 13.2 Å². The number of fused-ring (bicyclic) bond motifs is 1. The molecule has 0 aromatic carbocycles. The van der Waals surface area contributed by atoms with Crippen LogP contribution < -0.4 is 0 Å². The van der Waals surface area contributed by atoms with E-state index in [0.717, 1.165) is 43.4 Å². The average Bonchev–Trinajstić information content (AvgIpc) is 2.97. The van der Waals surface area contributed by atoms with Crippen molar-refractivity contribution in [1.82, 2.24) is 4.31 Å². The van der Waals surface area contributed by atoms with Gasteiger partial charge in [0.05, 0.1) is 0 Å². The van der Waals surface area contributed by atoms with Crippen LogP contribution in [0.5, 0.6) is 0 Å². The summed E-state index contributed by atoms with van der Waals surface area (Å²) in [6.07, 6.45) is 6.18. The molecule has 2 atom stereocenters. The molecule has 2 unspecified atom stereocenters. The van der Waals surface area contributed by atoms with E-state index in [1.807, 2.05) is 0 Å². The normalized spacial score (nSPS) is 27.2. The molecule has 5 nitrogen and oxygen atoms in total. The smallest absolute Gasteiger partial charge is 0.347 e. The SMILES string of the molecule is O=C(O)c1sccc1S(=O)(=O)N1CCCC2CCCCC21. The van der Waals surface area contributed by atoms with Gasteiger partial charge in [0, 0.05) is 12.6 Å². The summed E-state index contributed by atoms with van der Waals surface area (Å²) in [6, 6.07) is 1.48. The second kappa shape index (κ2) is 5.70. The first-order valence-corrected chi connectivity index (χ1v) is 9.66. The van der Waals surface area contributed by atoms with E-state index in [1.165, 1.54) is 12.5 Å². The summed E-state index contributed by atoms with van der Waals surface area (Å²) >= 11 is 0.973. The topological polar surface area (TPSA) is 74.7 Å². The zero-order valence-electron chi connectivity index (χ0n) is 11.7. The van der Waals surface area contributed by atoms with Gasteiger partial charge in [-0.3, -0.25) is 0 Å². The maximum absolute atomic E-state index is 12.9. The lowest BCUT2D eigenvalue weighted by atomic mass is 9.79. The van der Waals surface area contributed by atoms with Gasteiger partial charge in [-0.1, -0.05) is 12.8 Å². The van der Waals surface area contributed by atoms with Crippen molar-refractivity contribution in [3.8, 4) is 0 Å². The lowest BCUT2D eigenvalue weighted by Crippen LogP contribution is -2.49. The molecule has 0 spiro atoms. The molecule has 1 aromatic heterocycles. The van der Waals surface area contributed by atoms with Crippen molar-refractivity contribution in [2.24, 2.45) is 5.92 Å². The van der Waals surface area contributed by atoms with Gasteiger partial charge in [-0.2, -0.15) is 4.31 Å². The van der Waals surface area contributed by atoms with Gasteiger partial charge in [0.2, 0.25) is 10.0 Å². The Morgan fingerprint density at radius 2 is 1.95 bits per heavy atom. The molecular weight excluding hydrogens is 310 g/mol. The van der Waals surface area contributed by atoms with Gasteiger partial charge in [0.25, 0.3) is 0 Å². The third-order valence-electron chi connectivity index (χ3n) is 4.60. The maximum atomic E-state index is 12.9. The second-order valence-electron chi connectivity index (χ2n) is 5.79.